The lowest BCUT2D eigenvalue weighted by Gasteiger charge is -2.28. The van der Waals surface area contributed by atoms with Crippen LogP contribution < -0.4 is 9.62 Å². The van der Waals surface area contributed by atoms with E-state index < -0.39 is 39.5 Å². The molecule has 1 atom stereocenters. The molecule has 0 bridgehead atoms. The normalized spacial score (nSPS) is 13.1. The number of alkyl halides is 3. The van der Waals surface area contributed by atoms with E-state index in [1.54, 1.807) is 0 Å². The van der Waals surface area contributed by atoms with Gasteiger partial charge in [0.25, 0.3) is 0 Å². The molecule has 2 rings (SSSR count). The van der Waals surface area contributed by atoms with Crippen LogP contribution in [0.3, 0.4) is 0 Å². The lowest BCUT2D eigenvalue weighted by atomic mass is 10.1. The van der Waals surface area contributed by atoms with E-state index in [1.807, 2.05) is 0 Å². The van der Waals surface area contributed by atoms with Crippen LogP contribution in [0.25, 0.3) is 0 Å². The van der Waals surface area contributed by atoms with E-state index in [0.29, 0.717) is 4.31 Å². The molecule has 5 nitrogen and oxygen atoms in total. The van der Waals surface area contributed by atoms with Crippen molar-refractivity contribution >= 4 is 21.6 Å². The summed E-state index contributed by atoms with van der Waals surface area (Å²) in [5.74, 6) is -1.61. The Kier molecular flexibility index (Phi) is 6.33. The summed E-state index contributed by atoms with van der Waals surface area (Å²) in [6.45, 7) is 1.01. The fourth-order valence-corrected chi connectivity index (χ4v) is 3.78. The minimum atomic E-state index is -4.52. The standard InChI is InChI=1S/C18H18F4N2O3S/c1-12(24(28(2,26)27)16-9-4-3-8-15(16)19)17(25)23-11-13-6-5-7-14(10-13)18(20,21)22/h3-10,12H,11H2,1-2H3,(H,23,25)/t12-/m0/s1. The molecule has 0 unspecified atom stereocenters. The number of hydrogen-bond donors (Lipinski definition) is 1. The van der Waals surface area contributed by atoms with Gasteiger partial charge in [-0.3, -0.25) is 9.10 Å². The van der Waals surface area contributed by atoms with Crippen molar-refractivity contribution in [3.8, 4) is 0 Å². The van der Waals surface area contributed by atoms with E-state index in [1.165, 1.54) is 37.3 Å². The highest BCUT2D eigenvalue weighted by molar-refractivity contribution is 7.92. The second kappa shape index (κ2) is 8.17. The van der Waals surface area contributed by atoms with Crippen LogP contribution in [-0.4, -0.2) is 26.6 Å². The number of halogens is 4. The maximum atomic E-state index is 14.1. The van der Waals surface area contributed by atoms with Gasteiger partial charge < -0.3 is 5.32 Å². The van der Waals surface area contributed by atoms with Crippen molar-refractivity contribution in [3.05, 3.63) is 65.5 Å². The molecule has 0 aromatic heterocycles. The van der Waals surface area contributed by atoms with Crippen molar-refractivity contribution in [1.29, 1.82) is 0 Å². The quantitative estimate of drug-likeness (QED) is 0.732. The number of carbonyl (C=O) groups excluding carboxylic acids is 1. The van der Waals surface area contributed by atoms with Gasteiger partial charge in [0, 0.05) is 6.54 Å². The van der Waals surface area contributed by atoms with Crippen LogP contribution in [-0.2, 0) is 27.5 Å². The van der Waals surface area contributed by atoms with Gasteiger partial charge in [-0.15, -0.1) is 0 Å². The van der Waals surface area contributed by atoms with Gasteiger partial charge in [0.2, 0.25) is 15.9 Å². The Morgan fingerprint density at radius 2 is 1.79 bits per heavy atom. The SMILES string of the molecule is C[C@@H](C(=O)NCc1cccc(C(F)(F)F)c1)N(c1ccccc1F)S(C)(=O)=O. The molecule has 0 aliphatic heterocycles. The van der Waals surface area contributed by atoms with Crippen molar-refractivity contribution in [2.45, 2.75) is 25.7 Å². The fraction of sp³-hybridized carbons (Fsp3) is 0.278. The van der Waals surface area contributed by atoms with Crippen LogP contribution in [0.15, 0.2) is 48.5 Å². The molecule has 2 aromatic rings. The molecule has 0 fully saturated rings. The summed E-state index contributed by atoms with van der Waals surface area (Å²) in [5.41, 5.74) is -0.977. The molecular weight excluding hydrogens is 400 g/mol. The maximum Gasteiger partial charge on any atom is 0.416 e. The van der Waals surface area contributed by atoms with Gasteiger partial charge >= 0.3 is 6.18 Å². The third-order valence-electron chi connectivity index (χ3n) is 3.90. The molecule has 10 heteroatoms. The van der Waals surface area contributed by atoms with E-state index >= 15 is 0 Å². The molecule has 1 N–H and O–H groups in total. The van der Waals surface area contributed by atoms with Gasteiger partial charge in [0.15, 0.2) is 0 Å². The number of para-hydroxylation sites is 1. The van der Waals surface area contributed by atoms with Crippen LogP contribution in [0.2, 0.25) is 0 Å². The van der Waals surface area contributed by atoms with Gasteiger partial charge in [-0.25, -0.2) is 12.8 Å². The lowest BCUT2D eigenvalue weighted by Crippen LogP contribution is -2.48. The zero-order valence-electron chi connectivity index (χ0n) is 15.0. The van der Waals surface area contributed by atoms with Crippen molar-refractivity contribution in [3.63, 3.8) is 0 Å². The van der Waals surface area contributed by atoms with Crippen molar-refractivity contribution in [1.82, 2.24) is 5.32 Å². The smallest absolute Gasteiger partial charge is 0.350 e. The number of hydrogen-bond acceptors (Lipinski definition) is 3. The number of nitrogens with one attached hydrogen (secondary N) is 1. The summed E-state index contributed by atoms with van der Waals surface area (Å²) in [4.78, 5) is 12.4. The van der Waals surface area contributed by atoms with E-state index in [-0.39, 0.29) is 17.8 Å². The Balaban J connectivity index is 2.20. The molecule has 0 heterocycles. The first-order chi connectivity index (χ1) is 12.9. The Hall–Kier alpha value is -2.62. The summed E-state index contributed by atoms with van der Waals surface area (Å²) in [7, 11) is -4.01. The van der Waals surface area contributed by atoms with Crippen LogP contribution in [0.1, 0.15) is 18.1 Å². The van der Waals surface area contributed by atoms with Gasteiger partial charge in [-0.1, -0.05) is 24.3 Å². The molecule has 0 spiro atoms. The molecule has 1 amide bonds. The number of rotatable bonds is 6. The van der Waals surface area contributed by atoms with Gasteiger partial charge in [-0.2, -0.15) is 13.2 Å². The van der Waals surface area contributed by atoms with Gasteiger partial charge in [-0.05, 0) is 36.8 Å². The molecule has 2 aromatic carbocycles. The van der Waals surface area contributed by atoms with E-state index in [9.17, 15) is 30.8 Å². The summed E-state index contributed by atoms with van der Waals surface area (Å²) >= 11 is 0. The Bertz CT molecular complexity index is 961. The molecule has 28 heavy (non-hydrogen) atoms. The first kappa shape index (κ1) is 21.7. The molecule has 0 saturated carbocycles. The third-order valence-corrected chi connectivity index (χ3v) is 5.13. The zero-order valence-corrected chi connectivity index (χ0v) is 15.8. The third kappa shape index (κ3) is 5.22. The summed E-state index contributed by atoms with van der Waals surface area (Å²) in [6, 6.07) is 8.13. The molecule has 0 saturated heterocycles. The Morgan fingerprint density at radius 3 is 2.36 bits per heavy atom. The average molecular weight is 418 g/mol. The average Bonchev–Trinajstić information content (AvgIpc) is 2.60. The van der Waals surface area contributed by atoms with E-state index in [4.69, 9.17) is 0 Å². The number of anilines is 1. The second-order valence-electron chi connectivity index (χ2n) is 6.10. The highest BCUT2D eigenvalue weighted by atomic mass is 32.2. The number of carbonyl (C=O) groups is 1. The monoisotopic (exact) mass is 418 g/mol. The molecule has 0 aliphatic rings. The van der Waals surface area contributed by atoms with Crippen molar-refractivity contribution in [2.75, 3.05) is 10.6 Å². The molecule has 152 valence electrons. The highest BCUT2D eigenvalue weighted by Gasteiger charge is 2.32. The largest absolute Gasteiger partial charge is 0.416 e. The highest BCUT2D eigenvalue weighted by Crippen LogP contribution is 2.29. The van der Waals surface area contributed by atoms with E-state index in [2.05, 4.69) is 5.32 Å². The maximum absolute atomic E-state index is 14.1. The second-order valence-corrected chi connectivity index (χ2v) is 7.96. The zero-order chi connectivity index (χ0) is 21.1. The predicted molar refractivity (Wildman–Crippen MR) is 96.5 cm³/mol. The van der Waals surface area contributed by atoms with Crippen LogP contribution in [0.4, 0.5) is 23.2 Å². The molecule has 0 aliphatic carbocycles. The minimum absolute atomic E-state index is 0.187. The summed E-state index contributed by atoms with van der Waals surface area (Å²) in [5, 5.41) is 2.38. The number of benzene rings is 2. The van der Waals surface area contributed by atoms with Crippen LogP contribution >= 0.6 is 0 Å². The first-order valence-corrected chi connectivity index (χ1v) is 9.94. The van der Waals surface area contributed by atoms with Gasteiger partial charge in [0.1, 0.15) is 11.9 Å². The molecule has 0 radical (unpaired) electrons. The molecular formula is C18H18F4N2O3S. The summed E-state index contributed by atoms with van der Waals surface area (Å²) < 4.78 is 77.2. The number of amides is 1. The van der Waals surface area contributed by atoms with E-state index in [0.717, 1.165) is 24.5 Å². The predicted octanol–water partition coefficient (Wildman–Crippen LogP) is 3.32. The first-order valence-electron chi connectivity index (χ1n) is 8.09. The van der Waals surface area contributed by atoms with Crippen LogP contribution in [0.5, 0.6) is 0 Å². The number of sulfonamides is 1. The van der Waals surface area contributed by atoms with Gasteiger partial charge in [0.05, 0.1) is 17.5 Å². The lowest BCUT2D eigenvalue weighted by molar-refractivity contribution is -0.137. The number of nitrogens with zero attached hydrogens (tertiary/aromatic N) is 1. The van der Waals surface area contributed by atoms with Crippen molar-refractivity contribution in [2.24, 2.45) is 0 Å². The minimum Gasteiger partial charge on any atom is -0.350 e. The summed E-state index contributed by atoms with van der Waals surface area (Å²) in [6.07, 6.45) is -3.69. The topological polar surface area (TPSA) is 66.5 Å². The van der Waals surface area contributed by atoms with Crippen molar-refractivity contribution < 1.29 is 30.8 Å². The van der Waals surface area contributed by atoms with Crippen LogP contribution in [0, 0.1) is 5.82 Å². The fourth-order valence-electron chi connectivity index (χ4n) is 2.61. The Labute approximate surface area is 160 Å². The Morgan fingerprint density at radius 1 is 1.14 bits per heavy atom.